The monoisotopic (exact) mass is 184 g/mol. The van der Waals surface area contributed by atoms with E-state index in [0.717, 1.165) is 38.9 Å². The van der Waals surface area contributed by atoms with Crippen molar-refractivity contribution in [3.05, 3.63) is 0 Å². The third kappa shape index (κ3) is 1.17. The van der Waals surface area contributed by atoms with Gasteiger partial charge in [-0.15, -0.1) is 0 Å². The summed E-state index contributed by atoms with van der Waals surface area (Å²) in [5.41, 5.74) is -0.423. The first-order valence-corrected chi connectivity index (χ1v) is 4.92. The molecule has 3 heteroatoms. The Labute approximate surface area is 78.1 Å². The van der Waals surface area contributed by atoms with Crippen LogP contribution in [0, 0.1) is 10.8 Å². The smallest absolute Gasteiger partial charge is 0.310 e. The van der Waals surface area contributed by atoms with Gasteiger partial charge in [0.1, 0.15) is 0 Å². The number of carboxylic acids is 1. The van der Waals surface area contributed by atoms with E-state index >= 15 is 0 Å². The van der Waals surface area contributed by atoms with Gasteiger partial charge in [-0.2, -0.15) is 0 Å². The first kappa shape index (κ1) is 9.00. The van der Waals surface area contributed by atoms with Gasteiger partial charge in [-0.3, -0.25) is 4.79 Å². The Morgan fingerprint density at radius 3 is 2.15 bits per heavy atom. The molecular weight excluding hydrogens is 168 g/mol. The second-order valence-corrected chi connectivity index (χ2v) is 4.56. The maximum Gasteiger partial charge on any atom is 0.310 e. The summed E-state index contributed by atoms with van der Waals surface area (Å²) >= 11 is 0. The molecule has 0 amide bonds. The van der Waals surface area contributed by atoms with E-state index in [9.17, 15) is 9.90 Å². The van der Waals surface area contributed by atoms with Crippen LogP contribution in [0.25, 0.3) is 0 Å². The summed E-state index contributed by atoms with van der Waals surface area (Å²) in [5, 5.41) is 9.18. The lowest BCUT2D eigenvalue weighted by molar-refractivity contribution is -0.152. The molecule has 0 unspecified atom stereocenters. The fraction of sp³-hybridized carbons (Fsp3) is 0.900. The van der Waals surface area contributed by atoms with Gasteiger partial charge < -0.3 is 9.84 Å². The van der Waals surface area contributed by atoms with Crippen molar-refractivity contribution in [3.63, 3.8) is 0 Å². The van der Waals surface area contributed by atoms with Crippen molar-refractivity contribution in [2.24, 2.45) is 10.8 Å². The van der Waals surface area contributed by atoms with E-state index in [4.69, 9.17) is 4.74 Å². The van der Waals surface area contributed by atoms with Crippen LogP contribution in [0.15, 0.2) is 0 Å². The molecule has 3 nitrogen and oxygen atoms in total. The van der Waals surface area contributed by atoms with Crippen molar-refractivity contribution < 1.29 is 14.6 Å². The molecule has 1 aliphatic carbocycles. The Balaban J connectivity index is 2.17. The summed E-state index contributed by atoms with van der Waals surface area (Å²) in [6.45, 7) is 3.56. The number of hydrogen-bond donors (Lipinski definition) is 1. The van der Waals surface area contributed by atoms with Gasteiger partial charge in [-0.1, -0.05) is 6.92 Å². The van der Waals surface area contributed by atoms with Gasteiger partial charge in [0.05, 0.1) is 5.41 Å². The van der Waals surface area contributed by atoms with Crippen molar-refractivity contribution in [1.82, 2.24) is 0 Å². The summed E-state index contributed by atoms with van der Waals surface area (Å²) < 4.78 is 5.27. The number of carbonyl (C=O) groups is 1. The number of rotatable bonds is 2. The molecular formula is C10H16O3. The minimum atomic E-state index is -0.600. The molecule has 0 radical (unpaired) electrons. The van der Waals surface area contributed by atoms with E-state index in [0.29, 0.717) is 0 Å². The van der Waals surface area contributed by atoms with Crippen LogP contribution in [0.5, 0.6) is 0 Å². The third-order valence-corrected chi connectivity index (χ3v) is 3.91. The van der Waals surface area contributed by atoms with E-state index in [1.165, 1.54) is 0 Å². The quantitative estimate of drug-likeness (QED) is 0.710. The maximum absolute atomic E-state index is 11.1. The summed E-state index contributed by atoms with van der Waals surface area (Å²) in [5.74, 6) is -0.600. The highest BCUT2D eigenvalue weighted by molar-refractivity contribution is 5.79. The van der Waals surface area contributed by atoms with Gasteiger partial charge in [0.15, 0.2) is 0 Å². The molecule has 0 spiro atoms. The molecule has 0 atom stereocenters. The van der Waals surface area contributed by atoms with E-state index in [1.807, 2.05) is 0 Å². The van der Waals surface area contributed by atoms with Gasteiger partial charge in [-0.05, 0) is 31.1 Å². The largest absolute Gasteiger partial charge is 0.481 e. The molecule has 0 bridgehead atoms. The molecule has 74 valence electrons. The van der Waals surface area contributed by atoms with E-state index in [-0.39, 0.29) is 5.41 Å². The normalized spacial score (nSPS) is 29.6. The van der Waals surface area contributed by atoms with Crippen molar-refractivity contribution in [2.45, 2.75) is 32.6 Å². The molecule has 1 N–H and O–H groups in total. The highest BCUT2D eigenvalue weighted by Gasteiger charge is 2.62. The first-order valence-electron chi connectivity index (χ1n) is 4.92. The fourth-order valence-corrected chi connectivity index (χ4v) is 2.50. The van der Waals surface area contributed by atoms with Crippen LogP contribution < -0.4 is 0 Å². The molecule has 1 aliphatic heterocycles. The zero-order chi connectivity index (χ0) is 9.53. The van der Waals surface area contributed by atoms with Crippen molar-refractivity contribution >= 4 is 5.97 Å². The number of carboxylic acid groups (broad SMARTS) is 1. The van der Waals surface area contributed by atoms with Gasteiger partial charge in [0.25, 0.3) is 0 Å². The molecule has 13 heavy (non-hydrogen) atoms. The summed E-state index contributed by atoms with van der Waals surface area (Å²) in [6, 6.07) is 0. The van der Waals surface area contributed by atoms with Crippen LogP contribution in [-0.4, -0.2) is 24.3 Å². The molecule has 2 aliphatic rings. The lowest BCUT2D eigenvalue weighted by Gasteiger charge is -2.38. The Morgan fingerprint density at radius 1 is 1.23 bits per heavy atom. The lowest BCUT2D eigenvalue weighted by atomic mass is 9.69. The van der Waals surface area contributed by atoms with E-state index in [2.05, 4.69) is 6.92 Å². The number of aliphatic carboxylic acids is 1. The zero-order valence-electron chi connectivity index (χ0n) is 8.01. The molecule has 1 heterocycles. The van der Waals surface area contributed by atoms with Gasteiger partial charge in [0.2, 0.25) is 0 Å². The molecule has 2 rings (SSSR count). The zero-order valence-corrected chi connectivity index (χ0v) is 8.01. The Bertz CT molecular complexity index is 224. The third-order valence-electron chi connectivity index (χ3n) is 3.91. The van der Waals surface area contributed by atoms with Crippen LogP contribution in [0.2, 0.25) is 0 Å². The van der Waals surface area contributed by atoms with Crippen molar-refractivity contribution in [1.29, 1.82) is 0 Å². The van der Waals surface area contributed by atoms with Crippen LogP contribution in [0.3, 0.4) is 0 Å². The molecule has 1 saturated carbocycles. The highest BCUT2D eigenvalue weighted by Crippen LogP contribution is 2.62. The van der Waals surface area contributed by atoms with Crippen molar-refractivity contribution in [2.75, 3.05) is 13.2 Å². The van der Waals surface area contributed by atoms with Crippen molar-refractivity contribution in [3.8, 4) is 0 Å². The average molecular weight is 184 g/mol. The summed E-state index contributed by atoms with van der Waals surface area (Å²) in [6.07, 6.45) is 3.52. The van der Waals surface area contributed by atoms with Crippen LogP contribution >= 0.6 is 0 Å². The van der Waals surface area contributed by atoms with Gasteiger partial charge in [-0.25, -0.2) is 0 Å². The highest BCUT2D eigenvalue weighted by atomic mass is 16.5. The van der Waals surface area contributed by atoms with Crippen LogP contribution in [0.4, 0.5) is 0 Å². The number of hydrogen-bond acceptors (Lipinski definition) is 2. The predicted octanol–water partition coefficient (Wildman–Crippen LogP) is 1.67. The molecule has 0 aromatic rings. The second-order valence-electron chi connectivity index (χ2n) is 4.56. The fourth-order valence-electron chi connectivity index (χ4n) is 2.50. The van der Waals surface area contributed by atoms with Crippen LogP contribution in [-0.2, 0) is 9.53 Å². The van der Waals surface area contributed by atoms with Gasteiger partial charge >= 0.3 is 5.97 Å². The molecule has 2 fully saturated rings. The molecule has 1 saturated heterocycles. The first-order chi connectivity index (χ1) is 6.11. The summed E-state index contributed by atoms with van der Waals surface area (Å²) in [7, 11) is 0. The Morgan fingerprint density at radius 2 is 1.77 bits per heavy atom. The number of ether oxygens (including phenoxy) is 1. The second kappa shape index (κ2) is 2.71. The minimum absolute atomic E-state index is 0.0168. The summed E-state index contributed by atoms with van der Waals surface area (Å²) in [4.78, 5) is 11.1. The Hall–Kier alpha value is -0.570. The topological polar surface area (TPSA) is 46.5 Å². The maximum atomic E-state index is 11.1. The average Bonchev–Trinajstić information content (AvgIpc) is 2.85. The lowest BCUT2D eigenvalue weighted by Crippen LogP contribution is -2.40. The predicted molar refractivity (Wildman–Crippen MR) is 47.5 cm³/mol. The van der Waals surface area contributed by atoms with Crippen LogP contribution in [0.1, 0.15) is 32.6 Å². The SMILES string of the molecule is CC1(C2(C(=O)O)CC2)CCOCC1. The standard InChI is InChI=1S/C10H16O3/c1-9(4-6-13-7-5-9)10(2-3-10)8(11)12/h2-7H2,1H3,(H,11,12). The molecule has 0 aromatic heterocycles. The minimum Gasteiger partial charge on any atom is -0.481 e. The van der Waals surface area contributed by atoms with Gasteiger partial charge in [0, 0.05) is 13.2 Å². The Kier molecular flexibility index (Phi) is 1.88. The van der Waals surface area contributed by atoms with E-state index < -0.39 is 11.4 Å². The molecule has 0 aromatic carbocycles. The van der Waals surface area contributed by atoms with E-state index in [1.54, 1.807) is 0 Å².